The van der Waals surface area contributed by atoms with Crippen LogP contribution in [0.2, 0.25) is 0 Å². The Kier molecular flexibility index (Phi) is 3.92. The Morgan fingerprint density at radius 2 is 2.10 bits per heavy atom. The Morgan fingerprint density at radius 3 is 2.86 bits per heavy atom. The first-order valence-corrected chi connectivity index (χ1v) is 7.54. The van der Waals surface area contributed by atoms with Gasteiger partial charge in [0.05, 0.1) is 5.52 Å². The van der Waals surface area contributed by atoms with E-state index in [4.69, 9.17) is 0 Å². The van der Waals surface area contributed by atoms with Crippen molar-refractivity contribution >= 4 is 16.8 Å². The Balaban J connectivity index is 1.79. The van der Waals surface area contributed by atoms with Crippen molar-refractivity contribution in [2.45, 2.75) is 12.8 Å². The zero-order chi connectivity index (χ0) is 14.8. The molecule has 1 amide bonds. The van der Waals surface area contributed by atoms with Crippen LogP contribution in [0, 0.1) is 5.92 Å². The molecule has 2 aromatic rings. The van der Waals surface area contributed by atoms with Gasteiger partial charge in [-0.25, -0.2) is 0 Å². The predicted octanol–water partition coefficient (Wildman–Crippen LogP) is 1.64. The van der Waals surface area contributed by atoms with Crippen molar-refractivity contribution in [2.24, 2.45) is 13.0 Å². The van der Waals surface area contributed by atoms with Gasteiger partial charge in [-0.15, -0.1) is 0 Å². The van der Waals surface area contributed by atoms with Gasteiger partial charge < -0.3 is 10.2 Å². The van der Waals surface area contributed by atoms with Crippen molar-refractivity contribution in [1.29, 1.82) is 0 Å². The molecule has 0 radical (unpaired) electrons. The largest absolute Gasteiger partial charge is 0.340 e. The summed E-state index contributed by atoms with van der Waals surface area (Å²) in [4.78, 5) is 14.5. The van der Waals surface area contributed by atoms with E-state index in [1.165, 1.54) is 0 Å². The molecule has 1 fully saturated rings. The Hall–Kier alpha value is -1.88. The van der Waals surface area contributed by atoms with Crippen LogP contribution in [-0.2, 0) is 7.05 Å². The van der Waals surface area contributed by atoms with Crippen molar-refractivity contribution in [3.8, 4) is 0 Å². The number of aryl methyl sites for hydroxylation is 1. The number of aromatic nitrogens is 2. The zero-order valence-corrected chi connectivity index (χ0v) is 12.7. The van der Waals surface area contributed by atoms with E-state index >= 15 is 0 Å². The molecule has 0 unspecified atom stereocenters. The third kappa shape index (κ3) is 2.78. The van der Waals surface area contributed by atoms with Crippen molar-refractivity contribution < 1.29 is 4.79 Å². The number of rotatable bonds is 3. The van der Waals surface area contributed by atoms with Crippen molar-refractivity contribution in [3.05, 3.63) is 30.0 Å². The molecule has 1 aromatic heterocycles. The fraction of sp³-hybridized carbons (Fsp3) is 0.500. The van der Waals surface area contributed by atoms with Gasteiger partial charge in [0, 0.05) is 26.0 Å². The lowest BCUT2D eigenvalue weighted by atomic mass is 9.97. The summed E-state index contributed by atoms with van der Waals surface area (Å²) in [7, 11) is 3.76. The molecule has 21 heavy (non-hydrogen) atoms. The molecule has 0 aliphatic carbocycles. The molecule has 0 bridgehead atoms. The predicted molar refractivity (Wildman–Crippen MR) is 83.3 cm³/mol. The summed E-state index contributed by atoms with van der Waals surface area (Å²) in [6.45, 7) is 2.92. The number of carbonyl (C=O) groups is 1. The van der Waals surface area contributed by atoms with Crippen LogP contribution in [0.1, 0.15) is 23.3 Å². The zero-order valence-electron chi connectivity index (χ0n) is 12.7. The smallest absolute Gasteiger partial charge is 0.274 e. The van der Waals surface area contributed by atoms with Gasteiger partial charge in [0.2, 0.25) is 0 Å². The second kappa shape index (κ2) is 5.85. The van der Waals surface area contributed by atoms with E-state index in [1.54, 1.807) is 4.68 Å². The highest BCUT2D eigenvalue weighted by Crippen LogP contribution is 2.20. The van der Waals surface area contributed by atoms with Crippen molar-refractivity contribution in [3.63, 3.8) is 0 Å². The molecule has 2 heterocycles. The lowest BCUT2D eigenvalue weighted by Crippen LogP contribution is -2.37. The quantitative estimate of drug-likeness (QED) is 0.933. The molecule has 1 N–H and O–H groups in total. The summed E-state index contributed by atoms with van der Waals surface area (Å²) in [5, 5.41) is 8.71. The van der Waals surface area contributed by atoms with Crippen LogP contribution in [-0.4, -0.2) is 47.3 Å². The number of benzene rings is 1. The van der Waals surface area contributed by atoms with E-state index in [-0.39, 0.29) is 5.91 Å². The first kappa shape index (κ1) is 14.1. The van der Waals surface area contributed by atoms with E-state index in [1.807, 2.05) is 43.3 Å². The minimum Gasteiger partial charge on any atom is -0.340 e. The number of nitrogens with zero attached hydrogens (tertiary/aromatic N) is 3. The van der Waals surface area contributed by atoms with Gasteiger partial charge in [-0.05, 0) is 37.9 Å². The average Bonchev–Trinajstić information content (AvgIpc) is 2.85. The molecule has 1 aliphatic rings. The van der Waals surface area contributed by atoms with Crippen LogP contribution >= 0.6 is 0 Å². The fourth-order valence-corrected chi connectivity index (χ4v) is 3.09. The summed E-state index contributed by atoms with van der Waals surface area (Å²) in [6.07, 6.45) is 2.28. The van der Waals surface area contributed by atoms with Gasteiger partial charge in [-0.1, -0.05) is 18.2 Å². The highest BCUT2D eigenvalue weighted by atomic mass is 16.2. The standard InChI is InChI=1S/C16H22N4O/c1-19(11-12-7-9-17-10-8-12)16(21)15-13-5-3-4-6-14(13)20(2)18-15/h3-6,12,17H,7-11H2,1-2H3. The number of amides is 1. The van der Waals surface area contributed by atoms with E-state index in [0.717, 1.165) is 43.4 Å². The summed E-state index contributed by atoms with van der Waals surface area (Å²) >= 11 is 0. The molecule has 112 valence electrons. The molecule has 5 heteroatoms. The van der Waals surface area contributed by atoms with Gasteiger partial charge in [0.25, 0.3) is 5.91 Å². The molecule has 3 rings (SSSR count). The second-order valence-electron chi connectivity index (χ2n) is 5.87. The molecule has 1 aromatic carbocycles. The molecule has 1 aliphatic heterocycles. The topological polar surface area (TPSA) is 50.2 Å². The Bertz CT molecular complexity index is 643. The van der Waals surface area contributed by atoms with Crippen molar-refractivity contribution in [1.82, 2.24) is 20.0 Å². The third-order valence-corrected chi connectivity index (χ3v) is 4.30. The first-order chi connectivity index (χ1) is 10.2. The SMILES string of the molecule is CN(CC1CCNCC1)C(=O)c1nn(C)c2ccccc12. The average molecular weight is 286 g/mol. The van der Waals surface area contributed by atoms with Crippen LogP contribution in [0.4, 0.5) is 0 Å². The van der Waals surface area contributed by atoms with Crippen LogP contribution in [0.3, 0.4) is 0 Å². The minimum atomic E-state index is 0.0188. The van der Waals surface area contributed by atoms with E-state index in [9.17, 15) is 4.79 Å². The summed E-state index contributed by atoms with van der Waals surface area (Å²) in [6, 6.07) is 7.88. The van der Waals surface area contributed by atoms with Crippen LogP contribution in [0.25, 0.3) is 10.9 Å². The van der Waals surface area contributed by atoms with E-state index < -0.39 is 0 Å². The second-order valence-corrected chi connectivity index (χ2v) is 5.87. The van der Waals surface area contributed by atoms with Gasteiger partial charge in [-0.3, -0.25) is 9.48 Å². The van der Waals surface area contributed by atoms with Crippen LogP contribution in [0.5, 0.6) is 0 Å². The minimum absolute atomic E-state index is 0.0188. The van der Waals surface area contributed by atoms with Gasteiger partial charge in [0.1, 0.15) is 0 Å². The summed E-state index contributed by atoms with van der Waals surface area (Å²) in [5.74, 6) is 0.612. The maximum absolute atomic E-state index is 12.7. The van der Waals surface area contributed by atoms with Crippen LogP contribution < -0.4 is 5.32 Å². The molecule has 0 atom stereocenters. The number of fused-ring (bicyclic) bond motifs is 1. The Morgan fingerprint density at radius 1 is 1.38 bits per heavy atom. The maximum atomic E-state index is 12.7. The van der Waals surface area contributed by atoms with Gasteiger partial charge in [-0.2, -0.15) is 5.10 Å². The molecule has 1 saturated heterocycles. The van der Waals surface area contributed by atoms with Gasteiger partial charge >= 0.3 is 0 Å². The fourth-order valence-electron chi connectivity index (χ4n) is 3.09. The number of hydrogen-bond acceptors (Lipinski definition) is 3. The summed E-state index contributed by atoms with van der Waals surface area (Å²) < 4.78 is 1.78. The molecule has 5 nitrogen and oxygen atoms in total. The molecular formula is C16H22N4O. The lowest BCUT2D eigenvalue weighted by molar-refractivity contribution is 0.0758. The molecule has 0 spiro atoms. The highest BCUT2D eigenvalue weighted by molar-refractivity contribution is 6.04. The first-order valence-electron chi connectivity index (χ1n) is 7.54. The van der Waals surface area contributed by atoms with Gasteiger partial charge in [0.15, 0.2) is 5.69 Å². The van der Waals surface area contributed by atoms with E-state index in [2.05, 4.69) is 10.4 Å². The summed E-state index contributed by atoms with van der Waals surface area (Å²) in [5.41, 5.74) is 1.56. The van der Waals surface area contributed by atoms with Crippen LogP contribution in [0.15, 0.2) is 24.3 Å². The number of nitrogens with one attached hydrogen (secondary N) is 1. The van der Waals surface area contributed by atoms with Crippen molar-refractivity contribution in [2.75, 3.05) is 26.7 Å². The number of carbonyl (C=O) groups excluding carboxylic acids is 1. The number of para-hydroxylation sites is 1. The highest BCUT2D eigenvalue weighted by Gasteiger charge is 2.22. The normalized spacial score (nSPS) is 16.3. The maximum Gasteiger partial charge on any atom is 0.274 e. The molecular weight excluding hydrogens is 264 g/mol. The lowest BCUT2D eigenvalue weighted by Gasteiger charge is -2.27. The third-order valence-electron chi connectivity index (χ3n) is 4.30. The van der Waals surface area contributed by atoms with E-state index in [0.29, 0.717) is 11.6 Å². The molecule has 0 saturated carbocycles. The number of hydrogen-bond donors (Lipinski definition) is 1. The number of piperidine rings is 1. The monoisotopic (exact) mass is 286 g/mol. The Labute approximate surface area is 124 Å².